The quantitative estimate of drug-likeness (QED) is 0.475. The molecule has 2 aromatic rings. The van der Waals surface area contributed by atoms with E-state index in [-0.39, 0.29) is 23.8 Å². The number of carbonyl (C=O) groups is 2. The summed E-state index contributed by atoms with van der Waals surface area (Å²) in [5.74, 6) is 0.481. The summed E-state index contributed by atoms with van der Waals surface area (Å²) in [5, 5.41) is 12.5. The first-order chi connectivity index (χ1) is 15.9. The number of hydrogen-bond donors (Lipinski definition) is 4. The van der Waals surface area contributed by atoms with Crippen LogP contribution in [0.3, 0.4) is 0 Å². The Morgan fingerprint density at radius 2 is 1.79 bits per heavy atom. The molecule has 1 aliphatic heterocycles. The summed E-state index contributed by atoms with van der Waals surface area (Å²) in [5.41, 5.74) is 3.96. The number of hydrogen-bond acceptors (Lipinski definition) is 5. The Morgan fingerprint density at radius 3 is 2.45 bits per heavy atom. The van der Waals surface area contributed by atoms with Crippen molar-refractivity contribution in [3.8, 4) is 0 Å². The van der Waals surface area contributed by atoms with Gasteiger partial charge in [-0.1, -0.05) is 33.8 Å². The summed E-state index contributed by atoms with van der Waals surface area (Å²) in [4.78, 5) is 29.7. The molecule has 2 amide bonds. The number of amides is 2. The second kappa shape index (κ2) is 11.5. The molecular formula is C26H35N5O2. The van der Waals surface area contributed by atoms with Gasteiger partial charge in [-0.05, 0) is 67.1 Å². The summed E-state index contributed by atoms with van der Waals surface area (Å²) in [6, 6.07) is 13.3. The van der Waals surface area contributed by atoms with Crippen LogP contribution in [0.25, 0.3) is 0 Å². The number of rotatable bonds is 8. The van der Waals surface area contributed by atoms with Gasteiger partial charge in [-0.3, -0.25) is 19.9 Å². The number of nitrogens with zero attached hydrogens (tertiary/aromatic N) is 1. The number of aliphatic imine (C=N–C) groups is 1. The van der Waals surface area contributed by atoms with Crippen LogP contribution in [-0.2, 0) is 0 Å². The standard InChI is InChI=1S/C26H35N5O2/c1-5-20(6-2)30-24(32)18-9-7-10-21(15-18)29-23-12-11-19(16-22(23)17(3)4)25(33)31-26-27-13-8-14-28-26/h7,9-12,15-17,20,29H,5-6,8,13-14H2,1-4H3,(H,30,32)(H2,27,28,31,33). The van der Waals surface area contributed by atoms with Gasteiger partial charge in [0.25, 0.3) is 11.8 Å². The number of guanidine groups is 1. The normalized spacial score (nSPS) is 13.3. The molecule has 33 heavy (non-hydrogen) atoms. The second-order valence-corrected chi connectivity index (χ2v) is 8.61. The third kappa shape index (κ3) is 6.57. The molecule has 1 aliphatic rings. The van der Waals surface area contributed by atoms with Crippen LogP contribution in [0.5, 0.6) is 0 Å². The molecule has 0 bridgehead atoms. The van der Waals surface area contributed by atoms with E-state index in [0.717, 1.165) is 49.3 Å². The molecule has 0 fully saturated rings. The van der Waals surface area contributed by atoms with Crippen molar-refractivity contribution >= 4 is 29.1 Å². The van der Waals surface area contributed by atoms with Gasteiger partial charge in [0.1, 0.15) is 0 Å². The highest BCUT2D eigenvalue weighted by Gasteiger charge is 2.16. The maximum Gasteiger partial charge on any atom is 0.257 e. The smallest absolute Gasteiger partial charge is 0.257 e. The maximum absolute atomic E-state index is 12.7. The molecule has 2 aromatic carbocycles. The van der Waals surface area contributed by atoms with Crippen LogP contribution >= 0.6 is 0 Å². The summed E-state index contributed by atoms with van der Waals surface area (Å²) in [7, 11) is 0. The predicted molar refractivity (Wildman–Crippen MR) is 134 cm³/mol. The molecule has 0 aromatic heterocycles. The van der Waals surface area contributed by atoms with Gasteiger partial charge >= 0.3 is 0 Å². The average molecular weight is 450 g/mol. The molecule has 3 rings (SSSR count). The van der Waals surface area contributed by atoms with E-state index < -0.39 is 0 Å². The Balaban J connectivity index is 1.77. The minimum atomic E-state index is -0.184. The lowest BCUT2D eigenvalue weighted by molar-refractivity contribution is 0.0933. The zero-order valence-electron chi connectivity index (χ0n) is 20.0. The first kappa shape index (κ1) is 24.3. The van der Waals surface area contributed by atoms with Gasteiger partial charge in [-0.25, -0.2) is 0 Å². The molecule has 0 spiro atoms. The third-order valence-corrected chi connectivity index (χ3v) is 5.79. The van der Waals surface area contributed by atoms with Crippen LogP contribution < -0.4 is 21.3 Å². The molecule has 176 valence electrons. The van der Waals surface area contributed by atoms with Crippen molar-refractivity contribution < 1.29 is 9.59 Å². The monoisotopic (exact) mass is 449 g/mol. The lowest BCUT2D eigenvalue weighted by Crippen LogP contribution is -2.43. The summed E-state index contributed by atoms with van der Waals surface area (Å²) >= 11 is 0. The number of benzene rings is 2. The molecule has 7 nitrogen and oxygen atoms in total. The van der Waals surface area contributed by atoms with Crippen molar-refractivity contribution in [3.63, 3.8) is 0 Å². The van der Waals surface area contributed by atoms with Crippen LogP contribution in [0.1, 0.15) is 79.2 Å². The fourth-order valence-electron chi connectivity index (χ4n) is 3.75. The van der Waals surface area contributed by atoms with E-state index in [1.165, 1.54) is 0 Å². The van der Waals surface area contributed by atoms with Gasteiger partial charge in [0.15, 0.2) is 5.96 Å². The minimum Gasteiger partial charge on any atom is -0.356 e. The van der Waals surface area contributed by atoms with E-state index in [2.05, 4.69) is 54.0 Å². The van der Waals surface area contributed by atoms with Gasteiger partial charge < -0.3 is 16.0 Å². The lowest BCUT2D eigenvalue weighted by Gasteiger charge is -2.18. The van der Waals surface area contributed by atoms with Crippen molar-refractivity contribution in [2.24, 2.45) is 4.99 Å². The van der Waals surface area contributed by atoms with Gasteiger partial charge in [0.05, 0.1) is 0 Å². The lowest BCUT2D eigenvalue weighted by atomic mass is 9.98. The van der Waals surface area contributed by atoms with Crippen LogP contribution in [-0.4, -0.2) is 36.9 Å². The molecular weight excluding hydrogens is 414 g/mol. The zero-order valence-corrected chi connectivity index (χ0v) is 20.0. The van der Waals surface area contributed by atoms with E-state index in [1.54, 1.807) is 6.07 Å². The van der Waals surface area contributed by atoms with Crippen LogP contribution in [0.4, 0.5) is 11.4 Å². The number of anilines is 2. The highest BCUT2D eigenvalue weighted by Crippen LogP contribution is 2.29. The molecule has 0 radical (unpaired) electrons. The molecule has 0 saturated heterocycles. The number of nitrogens with one attached hydrogen (secondary N) is 4. The Hall–Kier alpha value is -3.35. The Morgan fingerprint density at radius 1 is 1.03 bits per heavy atom. The first-order valence-electron chi connectivity index (χ1n) is 11.8. The maximum atomic E-state index is 12.7. The Bertz CT molecular complexity index is 1010. The molecule has 0 atom stereocenters. The first-order valence-corrected chi connectivity index (χ1v) is 11.8. The largest absolute Gasteiger partial charge is 0.356 e. The Labute approximate surface area is 196 Å². The highest BCUT2D eigenvalue weighted by molar-refractivity contribution is 6.06. The molecule has 4 N–H and O–H groups in total. The van der Waals surface area contributed by atoms with Gasteiger partial charge in [0, 0.05) is 41.6 Å². The zero-order chi connectivity index (χ0) is 23.8. The van der Waals surface area contributed by atoms with E-state index >= 15 is 0 Å². The molecule has 0 aliphatic carbocycles. The number of carbonyl (C=O) groups excluding carboxylic acids is 2. The Kier molecular flexibility index (Phi) is 8.46. The van der Waals surface area contributed by atoms with Crippen molar-refractivity contribution in [1.29, 1.82) is 0 Å². The van der Waals surface area contributed by atoms with Gasteiger partial charge in [-0.15, -0.1) is 0 Å². The van der Waals surface area contributed by atoms with Crippen molar-refractivity contribution in [3.05, 3.63) is 59.2 Å². The predicted octanol–water partition coefficient (Wildman–Crippen LogP) is 4.55. The average Bonchev–Trinajstić information content (AvgIpc) is 2.83. The van der Waals surface area contributed by atoms with E-state index in [1.807, 2.05) is 36.4 Å². The second-order valence-electron chi connectivity index (χ2n) is 8.61. The fraction of sp³-hybridized carbons (Fsp3) is 0.423. The van der Waals surface area contributed by atoms with Gasteiger partial charge in [0.2, 0.25) is 0 Å². The van der Waals surface area contributed by atoms with Crippen LogP contribution in [0.2, 0.25) is 0 Å². The molecule has 1 heterocycles. The molecule has 7 heteroatoms. The molecule has 0 saturated carbocycles. The SMILES string of the molecule is CCC(CC)NC(=O)c1cccc(Nc2ccc(C(=O)NC3=NCCCN3)cc2C(C)C)c1. The van der Waals surface area contributed by atoms with E-state index in [4.69, 9.17) is 0 Å². The summed E-state index contributed by atoms with van der Waals surface area (Å²) < 4.78 is 0. The highest BCUT2D eigenvalue weighted by atomic mass is 16.2. The van der Waals surface area contributed by atoms with Crippen molar-refractivity contribution in [1.82, 2.24) is 16.0 Å². The van der Waals surface area contributed by atoms with Crippen LogP contribution in [0.15, 0.2) is 47.5 Å². The van der Waals surface area contributed by atoms with E-state index in [9.17, 15) is 9.59 Å². The topological polar surface area (TPSA) is 94.6 Å². The van der Waals surface area contributed by atoms with Crippen LogP contribution in [0, 0.1) is 0 Å². The summed E-state index contributed by atoms with van der Waals surface area (Å²) in [6.45, 7) is 9.86. The minimum absolute atomic E-state index is 0.0670. The fourth-order valence-corrected chi connectivity index (χ4v) is 3.75. The van der Waals surface area contributed by atoms with Gasteiger partial charge in [-0.2, -0.15) is 0 Å². The van der Waals surface area contributed by atoms with Crippen molar-refractivity contribution in [2.75, 3.05) is 18.4 Å². The third-order valence-electron chi connectivity index (χ3n) is 5.79. The molecule has 0 unspecified atom stereocenters. The van der Waals surface area contributed by atoms with Crippen molar-refractivity contribution in [2.45, 2.75) is 58.9 Å². The van der Waals surface area contributed by atoms with E-state index in [0.29, 0.717) is 17.1 Å². The summed E-state index contributed by atoms with van der Waals surface area (Å²) in [6.07, 6.45) is 2.78.